The van der Waals surface area contributed by atoms with E-state index in [4.69, 9.17) is 0 Å². The normalized spacial score (nSPS) is 16.7. The molecule has 0 saturated carbocycles. The van der Waals surface area contributed by atoms with Gasteiger partial charge in [0, 0.05) is 27.5 Å². The Hall–Kier alpha value is -2.73. The third-order valence-electron chi connectivity index (χ3n) is 5.49. The van der Waals surface area contributed by atoms with E-state index in [0.29, 0.717) is 11.5 Å². The van der Waals surface area contributed by atoms with Crippen LogP contribution in [0.5, 0.6) is 0 Å². The first kappa shape index (κ1) is 16.4. The first-order valence-electron chi connectivity index (χ1n) is 9.21. The molecule has 3 heterocycles. The number of carbonyl (C=O) groups excluding carboxylic acids is 1. The number of para-hydroxylation sites is 1. The maximum absolute atomic E-state index is 13.1. The molecule has 4 aromatic rings. The Kier molecular flexibility index (Phi) is 3.75. The number of nitrogens with zero attached hydrogens (tertiary/aromatic N) is 2. The van der Waals surface area contributed by atoms with Gasteiger partial charge in [-0.2, -0.15) is 0 Å². The van der Waals surface area contributed by atoms with Crippen LogP contribution in [0, 0.1) is 5.92 Å². The Labute approximate surface area is 159 Å². The van der Waals surface area contributed by atoms with E-state index < -0.39 is 0 Å². The summed E-state index contributed by atoms with van der Waals surface area (Å²) in [7, 11) is 0. The largest absolute Gasteiger partial charge is 0.360 e. The van der Waals surface area contributed by atoms with Crippen molar-refractivity contribution in [2.24, 2.45) is 5.92 Å². The van der Waals surface area contributed by atoms with Crippen LogP contribution in [-0.2, 0) is 19.4 Å². The molecule has 1 aliphatic carbocycles. The number of ketones is 1. The quantitative estimate of drug-likeness (QED) is 0.550. The van der Waals surface area contributed by atoms with Gasteiger partial charge in [-0.25, -0.2) is 4.98 Å². The van der Waals surface area contributed by atoms with Crippen molar-refractivity contribution in [3.05, 3.63) is 63.1 Å². The number of nitrogens with one attached hydrogen (secondary N) is 1. The minimum absolute atomic E-state index is 0.00461. The molecule has 5 rings (SSSR count). The number of aromatic nitrogens is 3. The third kappa shape index (κ3) is 2.63. The average molecular weight is 377 g/mol. The van der Waals surface area contributed by atoms with Crippen LogP contribution in [0.25, 0.3) is 21.1 Å². The lowest BCUT2D eigenvalue weighted by Gasteiger charge is -2.17. The van der Waals surface area contributed by atoms with E-state index in [-0.39, 0.29) is 17.9 Å². The van der Waals surface area contributed by atoms with Crippen LogP contribution < -0.4 is 5.56 Å². The molecule has 6 heteroatoms. The van der Waals surface area contributed by atoms with Crippen molar-refractivity contribution in [3.8, 4) is 0 Å². The van der Waals surface area contributed by atoms with Crippen LogP contribution in [0.1, 0.15) is 34.1 Å². The van der Waals surface area contributed by atoms with Crippen LogP contribution >= 0.6 is 11.3 Å². The van der Waals surface area contributed by atoms with Gasteiger partial charge in [0.1, 0.15) is 4.83 Å². The van der Waals surface area contributed by atoms with Gasteiger partial charge in [0.15, 0.2) is 5.78 Å². The fraction of sp³-hybridized carbons (Fsp3) is 0.286. The zero-order valence-corrected chi connectivity index (χ0v) is 15.8. The van der Waals surface area contributed by atoms with Crippen molar-refractivity contribution in [2.75, 3.05) is 0 Å². The molecule has 1 aromatic carbocycles. The van der Waals surface area contributed by atoms with Crippen LogP contribution in [0.4, 0.5) is 0 Å². The molecule has 1 atom stereocenters. The highest BCUT2D eigenvalue weighted by Crippen LogP contribution is 2.35. The van der Waals surface area contributed by atoms with E-state index in [2.05, 4.69) is 16.9 Å². The average Bonchev–Trinajstić information content (AvgIpc) is 3.25. The number of thiophene rings is 1. The van der Waals surface area contributed by atoms with Gasteiger partial charge < -0.3 is 4.98 Å². The second-order valence-electron chi connectivity index (χ2n) is 7.38. The van der Waals surface area contributed by atoms with Crippen LogP contribution in [0.3, 0.4) is 0 Å². The number of aryl methyl sites for hydroxylation is 1. The summed E-state index contributed by atoms with van der Waals surface area (Å²) in [4.78, 5) is 35.6. The lowest BCUT2D eigenvalue weighted by atomic mass is 9.89. The highest BCUT2D eigenvalue weighted by molar-refractivity contribution is 7.18. The summed E-state index contributed by atoms with van der Waals surface area (Å²) in [6.45, 7) is 2.25. The van der Waals surface area contributed by atoms with Crippen molar-refractivity contribution >= 4 is 38.2 Å². The molecule has 0 bridgehead atoms. The maximum Gasteiger partial charge on any atom is 0.262 e. The number of carbonyl (C=O) groups is 1. The van der Waals surface area contributed by atoms with E-state index in [1.807, 2.05) is 24.3 Å². The summed E-state index contributed by atoms with van der Waals surface area (Å²) in [6, 6.07) is 7.69. The Morgan fingerprint density at radius 1 is 1.37 bits per heavy atom. The fourth-order valence-corrected chi connectivity index (χ4v) is 5.36. The number of hydrogen-bond donors (Lipinski definition) is 1. The molecule has 1 N–H and O–H groups in total. The number of hydrogen-bond acceptors (Lipinski definition) is 4. The molecule has 0 aliphatic heterocycles. The standard InChI is InChI=1S/C21H19N3O2S/c1-12-6-7-14-18(8-12)27-20-19(14)21(26)24(11-23-20)10-17(25)15-9-22-16-5-3-2-4-13(15)16/h2-5,9,11-12,22H,6-8,10H2,1H3/t12-/m1/s1. The van der Waals surface area contributed by atoms with Gasteiger partial charge in [-0.15, -0.1) is 11.3 Å². The van der Waals surface area contributed by atoms with Crippen LogP contribution in [-0.4, -0.2) is 20.3 Å². The van der Waals surface area contributed by atoms with Gasteiger partial charge in [0.05, 0.1) is 18.3 Å². The number of H-pyrrole nitrogens is 1. The number of fused-ring (bicyclic) bond motifs is 4. The molecule has 1 aliphatic rings. The smallest absolute Gasteiger partial charge is 0.262 e. The topological polar surface area (TPSA) is 67.8 Å². The maximum atomic E-state index is 13.1. The Balaban J connectivity index is 1.55. The lowest BCUT2D eigenvalue weighted by molar-refractivity contribution is 0.0972. The van der Waals surface area contributed by atoms with Gasteiger partial charge in [-0.05, 0) is 36.8 Å². The fourth-order valence-electron chi connectivity index (χ4n) is 4.02. The zero-order chi connectivity index (χ0) is 18.5. The summed E-state index contributed by atoms with van der Waals surface area (Å²) in [6.07, 6.45) is 6.28. The van der Waals surface area contributed by atoms with E-state index in [1.165, 1.54) is 15.8 Å². The van der Waals surface area contributed by atoms with Crippen molar-refractivity contribution in [2.45, 2.75) is 32.7 Å². The zero-order valence-electron chi connectivity index (χ0n) is 15.0. The highest BCUT2D eigenvalue weighted by Gasteiger charge is 2.23. The van der Waals surface area contributed by atoms with E-state index in [9.17, 15) is 9.59 Å². The highest BCUT2D eigenvalue weighted by atomic mass is 32.1. The monoisotopic (exact) mass is 377 g/mol. The molecule has 0 radical (unpaired) electrons. The van der Waals surface area contributed by atoms with Gasteiger partial charge in [0.25, 0.3) is 5.56 Å². The first-order valence-corrected chi connectivity index (χ1v) is 10.0. The number of rotatable bonds is 3. The molecular formula is C21H19N3O2S. The second kappa shape index (κ2) is 6.16. The van der Waals surface area contributed by atoms with Crippen LogP contribution in [0.2, 0.25) is 0 Å². The predicted octanol–water partition coefficient (Wildman–Crippen LogP) is 3.95. The molecule has 136 valence electrons. The number of benzene rings is 1. The van der Waals surface area contributed by atoms with E-state index in [1.54, 1.807) is 17.5 Å². The number of Topliss-reactive ketones (excluding diaryl/α,β-unsaturated/α-hetero) is 1. The Bertz CT molecular complexity index is 1250. The van der Waals surface area contributed by atoms with Crippen molar-refractivity contribution < 1.29 is 4.79 Å². The molecule has 0 amide bonds. The summed E-state index contributed by atoms with van der Waals surface area (Å²) in [5.74, 6) is 0.560. The van der Waals surface area contributed by atoms with Crippen LogP contribution in [0.15, 0.2) is 41.6 Å². The summed E-state index contributed by atoms with van der Waals surface area (Å²) in [5, 5.41) is 1.60. The summed E-state index contributed by atoms with van der Waals surface area (Å²) in [5.41, 5.74) is 2.58. The SMILES string of the molecule is C[C@@H]1CCc2c(sc3ncn(CC(=O)c4c[nH]c5ccccc45)c(=O)c23)C1. The first-order chi connectivity index (χ1) is 13.1. The molecule has 0 fully saturated rings. The molecule has 0 unspecified atom stereocenters. The Morgan fingerprint density at radius 3 is 3.11 bits per heavy atom. The molecule has 27 heavy (non-hydrogen) atoms. The molecule has 0 saturated heterocycles. The summed E-state index contributed by atoms with van der Waals surface area (Å²) < 4.78 is 1.46. The van der Waals surface area contributed by atoms with E-state index >= 15 is 0 Å². The minimum atomic E-state index is -0.0970. The Morgan fingerprint density at radius 2 is 2.22 bits per heavy atom. The minimum Gasteiger partial charge on any atom is -0.360 e. The molecule has 5 nitrogen and oxygen atoms in total. The van der Waals surface area contributed by atoms with Gasteiger partial charge in [0.2, 0.25) is 0 Å². The summed E-state index contributed by atoms with van der Waals surface area (Å²) >= 11 is 1.63. The molecular weight excluding hydrogens is 358 g/mol. The van der Waals surface area contributed by atoms with E-state index in [0.717, 1.165) is 45.9 Å². The lowest BCUT2D eigenvalue weighted by Crippen LogP contribution is -2.25. The van der Waals surface area contributed by atoms with Gasteiger partial charge >= 0.3 is 0 Å². The van der Waals surface area contributed by atoms with Crippen molar-refractivity contribution in [1.29, 1.82) is 0 Å². The van der Waals surface area contributed by atoms with Gasteiger partial charge in [-0.1, -0.05) is 25.1 Å². The number of aromatic amines is 1. The van der Waals surface area contributed by atoms with Crippen molar-refractivity contribution in [1.82, 2.24) is 14.5 Å². The van der Waals surface area contributed by atoms with Gasteiger partial charge in [-0.3, -0.25) is 14.2 Å². The molecule has 0 spiro atoms. The molecule has 3 aromatic heterocycles. The predicted molar refractivity (Wildman–Crippen MR) is 108 cm³/mol. The third-order valence-corrected chi connectivity index (χ3v) is 6.65. The second-order valence-corrected chi connectivity index (χ2v) is 8.46. The van der Waals surface area contributed by atoms with Crippen molar-refractivity contribution in [3.63, 3.8) is 0 Å².